The highest BCUT2D eigenvalue weighted by molar-refractivity contribution is 8.00. The molecule has 1 nitrogen and oxygen atoms in total. The summed E-state index contributed by atoms with van der Waals surface area (Å²) >= 11 is 0.842. The minimum absolute atomic E-state index is 0.421. The van der Waals surface area contributed by atoms with Crippen LogP contribution in [0.4, 0.5) is 18.9 Å². The van der Waals surface area contributed by atoms with E-state index in [1.807, 2.05) is 0 Å². The van der Waals surface area contributed by atoms with E-state index in [1.165, 1.54) is 0 Å². The van der Waals surface area contributed by atoms with Gasteiger partial charge in [-0.1, -0.05) is 25.1 Å². The lowest BCUT2D eigenvalue weighted by Gasteiger charge is -2.21. The molecule has 0 saturated heterocycles. The molecule has 0 aliphatic rings. The van der Waals surface area contributed by atoms with E-state index in [9.17, 15) is 13.2 Å². The molecule has 0 aliphatic heterocycles. The highest BCUT2D eigenvalue weighted by Crippen LogP contribution is 2.31. The molecular formula is C10H12F3NS. The Bertz CT molecular complexity index is 286. The Morgan fingerprint density at radius 2 is 1.87 bits per heavy atom. The lowest BCUT2D eigenvalue weighted by Crippen LogP contribution is -2.33. The third kappa shape index (κ3) is 4.03. The van der Waals surface area contributed by atoms with Gasteiger partial charge in [0.1, 0.15) is 0 Å². The predicted octanol–water partition coefficient (Wildman–Crippen LogP) is 3.74. The Hall–Kier alpha value is -0.840. The van der Waals surface area contributed by atoms with Crippen LogP contribution in [0.25, 0.3) is 0 Å². The van der Waals surface area contributed by atoms with Gasteiger partial charge in [0.2, 0.25) is 0 Å². The van der Waals surface area contributed by atoms with Crippen molar-refractivity contribution in [2.75, 3.05) is 11.1 Å². The zero-order chi connectivity index (χ0) is 11.3. The van der Waals surface area contributed by atoms with Crippen LogP contribution in [-0.2, 0) is 0 Å². The van der Waals surface area contributed by atoms with Gasteiger partial charge in [0.25, 0.3) is 0 Å². The van der Waals surface area contributed by atoms with Crippen molar-refractivity contribution in [1.82, 2.24) is 0 Å². The zero-order valence-corrected chi connectivity index (χ0v) is 9.03. The molecule has 5 heteroatoms. The van der Waals surface area contributed by atoms with Gasteiger partial charge in [-0.25, -0.2) is 0 Å². The summed E-state index contributed by atoms with van der Waals surface area (Å²) < 4.78 is 37.5. The Labute approximate surface area is 91.1 Å². The molecule has 0 saturated carbocycles. The van der Waals surface area contributed by atoms with Gasteiger partial charge in [-0.3, -0.25) is 0 Å². The molecule has 1 N–H and O–H groups in total. The van der Waals surface area contributed by atoms with E-state index in [0.717, 1.165) is 11.8 Å². The summed E-state index contributed by atoms with van der Waals surface area (Å²) in [6.45, 7) is 1.70. The molecule has 0 aromatic heterocycles. The third-order valence-electron chi connectivity index (χ3n) is 1.70. The molecule has 1 atom stereocenters. The van der Waals surface area contributed by atoms with Crippen LogP contribution in [0.3, 0.4) is 0 Å². The fourth-order valence-corrected chi connectivity index (χ4v) is 1.81. The normalized spacial score (nSPS) is 13.6. The van der Waals surface area contributed by atoms with Crippen LogP contribution in [0.1, 0.15) is 6.92 Å². The number of hydrogen-bond acceptors (Lipinski definition) is 2. The van der Waals surface area contributed by atoms with E-state index in [2.05, 4.69) is 5.32 Å². The Morgan fingerprint density at radius 3 is 2.33 bits per heavy atom. The van der Waals surface area contributed by atoms with Crippen molar-refractivity contribution < 1.29 is 13.2 Å². The van der Waals surface area contributed by atoms with Crippen molar-refractivity contribution in [3.05, 3.63) is 30.3 Å². The van der Waals surface area contributed by atoms with Gasteiger partial charge < -0.3 is 5.32 Å². The molecule has 0 bridgehead atoms. The average Bonchev–Trinajstić information content (AvgIpc) is 2.17. The molecule has 1 aromatic rings. The zero-order valence-electron chi connectivity index (χ0n) is 8.21. The van der Waals surface area contributed by atoms with Crippen molar-refractivity contribution in [3.8, 4) is 0 Å². The second-order valence-corrected chi connectivity index (χ2v) is 4.27. The maximum atomic E-state index is 12.5. The summed E-state index contributed by atoms with van der Waals surface area (Å²) in [7, 11) is 0. The van der Waals surface area contributed by atoms with E-state index < -0.39 is 11.6 Å². The summed E-state index contributed by atoms with van der Waals surface area (Å²) in [5, 5.41) is 0.921. The molecule has 0 unspecified atom stereocenters. The van der Waals surface area contributed by atoms with Crippen LogP contribution in [0.5, 0.6) is 0 Å². The van der Waals surface area contributed by atoms with E-state index in [-0.39, 0.29) is 0 Å². The van der Waals surface area contributed by atoms with Gasteiger partial charge in [0, 0.05) is 5.69 Å². The van der Waals surface area contributed by atoms with E-state index in [0.29, 0.717) is 11.4 Å². The van der Waals surface area contributed by atoms with Crippen LogP contribution >= 0.6 is 11.8 Å². The quantitative estimate of drug-likeness (QED) is 0.798. The standard InChI is InChI=1S/C10H12F3NS/c1-2-15-9(10(11,12)13)14-8-6-4-3-5-7-8/h3-7,9,14H,2H2,1H3/t9-/m1/s1. The summed E-state index contributed by atoms with van der Waals surface area (Å²) in [5.74, 6) is 0.421. The summed E-state index contributed by atoms with van der Waals surface area (Å²) in [4.78, 5) is 0. The summed E-state index contributed by atoms with van der Waals surface area (Å²) in [6.07, 6.45) is -4.23. The summed E-state index contributed by atoms with van der Waals surface area (Å²) in [6, 6.07) is 8.41. The third-order valence-corrected chi connectivity index (χ3v) is 2.75. The van der Waals surface area contributed by atoms with Crippen LogP contribution in [-0.4, -0.2) is 17.3 Å². The predicted molar refractivity (Wildman–Crippen MR) is 58.0 cm³/mol. The molecule has 15 heavy (non-hydrogen) atoms. The number of halogens is 3. The molecule has 0 amide bonds. The summed E-state index contributed by atoms with van der Waals surface area (Å²) in [5.41, 5.74) is 0.487. The van der Waals surface area contributed by atoms with Gasteiger partial charge in [-0.2, -0.15) is 13.2 Å². The van der Waals surface area contributed by atoms with Crippen molar-refractivity contribution in [2.24, 2.45) is 0 Å². The first-order chi connectivity index (χ1) is 7.04. The van der Waals surface area contributed by atoms with Gasteiger partial charge in [-0.05, 0) is 17.9 Å². The number of anilines is 1. The maximum absolute atomic E-state index is 12.5. The molecule has 0 heterocycles. The van der Waals surface area contributed by atoms with Crippen LogP contribution in [0, 0.1) is 0 Å². The number of hydrogen-bond donors (Lipinski definition) is 1. The Morgan fingerprint density at radius 1 is 1.27 bits per heavy atom. The minimum Gasteiger partial charge on any atom is -0.366 e. The molecule has 0 fully saturated rings. The molecule has 0 radical (unpaired) electrons. The van der Waals surface area contributed by atoms with Gasteiger partial charge in [0.15, 0.2) is 5.37 Å². The largest absolute Gasteiger partial charge is 0.418 e. The lowest BCUT2D eigenvalue weighted by molar-refractivity contribution is -0.123. The number of thioether (sulfide) groups is 1. The first-order valence-electron chi connectivity index (χ1n) is 4.54. The lowest BCUT2D eigenvalue weighted by atomic mass is 10.3. The molecular weight excluding hydrogens is 223 g/mol. The number of nitrogens with one attached hydrogen (secondary N) is 1. The highest BCUT2D eigenvalue weighted by atomic mass is 32.2. The maximum Gasteiger partial charge on any atom is 0.418 e. The molecule has 0 spiro atoms. The van der Waals surface area contributed by atoms with E-state index >= 15 is 0 Å². The van der Waals surface area contributed by atoms with Gasteiger partial charge in [-0.15, -0.1) is 11.8 Å². The Balaban J connectivity index is 2.67. The van der Waals surface area contributed by atoms with E-state index in [1.54, 1.807) is 37.3 Å². The number of rotatable bonds is 4. The van der Waals surface area contributed by atoms with Crippen LogP contribution in [0.15, 0.2) is 30.3 Å². The van der Waals surface area contributed by atoms with Crippen LogP contribution in [0.2, 0.25) is 0 Å². The SMILES string of the molecule is CCS[C@@H](Nc1ccccc1)C(F)(F)F. The molecule has 1 aromatic carbocycles. The minimum atomic E-state index is -4.23. The number of benzene rings is 1. The first kappa shape index (κ1) is 12.2. The monoisotopic (exact) mass is 235 g/mol. The fraction of sp³-hybridized carbons (Fsp3) is 0.400. The van der Waals surface area contributed by atoms with Crippen LogP contribution < -0.4 is 5.32 Å². The topological polar surface area (TPSA) is 12.0 Å². The number of para-hydroxylation sites is 1. The first-order valence-corrected chi connectivity index (χ1v) is 5.59. The van der Waals surface area contributed by atoms with Gasteiger partial charge >= 0.3 is 6.18 Å². The average molecular weight is 235 g/mol. The Kier molecular flexibility index (Phi) is 4.32. The molecule has 84 valence electrons. The van der Waals surface area contributed by atoms with Crippen molar-refractivity contribution in [1.29, 1.82) is 0 Å². The second-order valence-electron chi connectivity index (χ2n) is 2.89. The second kappa shape index (κ2) is 5.30. The van der Waals surface area contributed by atoms with Gasteiger partial charge in [0.05, 0.1) is 0 Å². The smallest absolute Gasteiger partial charge is 0.366 e. The highest BCUT2D eigenvalue weighted by Gasteiger charge is 2.39. The van der Waals surface area contributed by atoms with Crippen molar-refractivity contribution in [3.63, 3.8) is 0 Å². The molecule has 1 rings (SSSR count). The van der Waals surface area contributed by atoms with E-state index in [4.69, 9.17) is 0 Å². The molecule has 0 aliphatic carbocycles. The van der Waals surface area contributed by atoms with Crippen molar-refractivity contribution >= 4 is 17.4 Å². The van der Waals surface area contributed by atoms with Crippen molar-refractivity contribution in [2.45, 2.75) is 18.5 Å². The fourth-order valence-electron chi connectivity index (χ4n) is 1.07. The number of alkyl halides is 3.